The smallest absolute Gasteiger partial charge is 0.136 e. The summed E-state index contributed by atoms with van der Waals surface area (Å²) < 4.78 is 6.44. The SMILES string of the molecule is c1ccc(-c2cccc3c2N2c4c(oc5ccccc45)C4CCCC3C42)nc1. The molecule has 136 valence electrons. The highest BCUT2D eigenvalue weighted by molar-refractivity contribution is 6.01. The van der Waals surface area contributed by atoms with Crippen LogP contribution in [0.3, 0.4) is 0 Å². The molecule has 2 aromatic heterocycles. The van der Waals surface area contributed by atoms with Crippen LogP contribution in [0.15, 0.2) is 71.3 Å². The number of para-hydroxylation sites is 2. The van der Waals surface area contributed by atoms with Crippen molar-refractivity contribution in [2.24, 2.45) is 0 Å². The number of anilines is 2. The van der Waals surface area contributed by atoms with Gasteiger partial charge in [-0.2, -0.15) is 0 Å². The quantitative estimate of drug-likeness (QED) is 0.392. The van der Waals surface area contributed by atoms with E-state index in [1.807, 2.05) is 12.3 Å². The van der Waals surface area contributed by atoms with E-state index < -0.39 is 0 Å². The first-order chi connectivity index (χ1) is 13.9. The maximum Gasteiger partial charge on any atom is 0.136 e. The number of furan rings is 1. The second kappa shape index (κ2) is 5.26. The summed E-state index contributed by atoms with van der Waals surface area (Å²) in [6.07, 6.45) is 5.64. The van der Waals surface area contributed by atoms with Crippen molar-refractivity contribution in [3.63, 3.8) is 0 Å². The summed E-state index contributed by atoms with van der Waals surface area (Å²) in [4.78, 5) is 7.30. The molecule has 0 amide bonds. The standard InChI is InChI=1S/C25H20N2O/c1-2-13-21-18(7-1)24-25(28-21)19-11-6-9-16-15-8-5-10-17(20-12-3-4-14-26-20)22(15)27(24)23(16)19/h1-5,7-8,10,12-14,16,19,23H,6,9,11H2. The maximum atomic E-state index is 6.44. The van der Waals surface area contributed by atoms with Gasteiger partial charge < -0.3 is 9.32 Å². The minimum atomic E-state index is 0.491. The van der Waals surface area contributed by atoms with E-state index in [1.54, 1.807) is 0 Å². The van der Waals surface area contributed by atoms with Gasteiger partial charge in [-0.1, -0.05) is 42.8 Å². The van der Waals surface area contributed by atoms with Crippen molar-refractivity contribution in [3.8, 4) is 11.3 Å². The molecule has 3 nitrogen and oxygen atoms in total. The van der Waals surface area contributed by atoms with Gasteiger partial charge in [-0.25, -0.2) is 0 Å². The summed E-state index contributed by atoms with van der Waals surface area (Å²) in [6, 6.07) is 22.0. The number of hydrogen-bond donors (Lipinski definition) is 0. The predicted octanol–water partition coefficient (Wildman–Crippen LogP) is 6.38. The molecule has 2 aromatic carbocycles. The Bertz CT molecular complexity index is 1230. The number of aromatic nitrogens is 1. The molecule has 0 spiro atoms. The van der Waals surface area contributed by atoms with Gasteiger partial charge in [0, 0.05) is 29.0 Å². The highest BCUT2D eigenvalue weighted by Gasteiger charge is 2.54. The fraction of sp³-hybridized carbons (Fsp3) is 0.240. The third-order valence-corrected chi connectivity index (χ3v) is 6.97. The first-order valence-corrected chi connectivity index (χ1v) is 10.3. The van der Waals surface area contributed by atoms with E-state index in [1.165, 1.54) is 52.9 Å². The van der Waals surface area contributed by atoms with Crippen LogP contribution in [0.2, 0.25) is 0 Å². The van der Waals surface area contributed by atoms with Gasteiger partial charge in [-0.05, 0) is 42.7 Å². The Hall–Kier alpha value is -3.07. The Morgan fingerprint density at radius 2 is 1.75 bits per heavy atom. The van der Waals surface area contributed by atoms with Gasteiger partial charge in [-0.15, -0.1) is 0 Å². The molecule has 3 heteroatoms. The molecule has 1 saturated carbocycles. The number of nitrogens with zero attached hydrogens (tertiary/aromatic N) is 2. The Morgan fingerprint density at radius 3 is 2.68 bits per heavy atom. The van der Waals surface area contributed by atoms with E-state index in [0.717, 1.165) is 11.3 Å². The molecule has 7 rings (SSSR count). The van der Waals surface area contributed by atoms with E-state index in [4.69, 9.17) is 4.42 Å². The van der Waals surface area contributed by atoms with Crippen LogP contribution in [0.25, 0.3) is 22.2 Å². The van der Waals surface area contributed by atoms with Gasteiger partial charge in [0.25, 0.3) is 0 Å². The normalized spacial score (nSPS) is 24.3. The highest BCUT2D eigenvalue weighted by atomic mass is 16.3. The van der Waals surface area contributed by atoms with E-state index in [-0.39, 0.29) is 0 Å². The summed E-state index contributed by atoms with van der Waals surface area (Å²) in [7, 11) is 0. The lowest BCUT2D eigenvalue weighted by atomic mass is 9.76. The molecule has 1 fully saturated rings. The van der Waals surface area contributed by atoms with Crippen LogP contribution in [-0.4, -0.2) is 11.0 Å². The molecule has 1 aliphatic carbocycles. The number of hydrogen-bond acceptors (Lipinski definition) is 3. The second-order valence-electron chi connectivity index (χ2n) is 8.27. The van der Waals surface area contributed by atoms with Crippen LogP contribution in [-0.2, 0) is 0 Å². The van der Waals surface area contributed by atoms with Crippen molar-refractivity contribution in [1.29, 1.82) is 0 Å². The van der Waals surface area contributed by atoms with Crippen molar-refractivity contribution >= 4 is 22.3 Å². The van der Waals surface area contributed by atoms with Gasteiger partial charge in [0.1, 0.15) is 11.3 Å². The first-order valence-electron chi connectivity index (χ1n) is 10.3. The number of benzene rings is 2. The lowest BCUT2D eigenvalue weighted by Gasteiger charge is -2.32. The summed E-state index contributed by atoms with van der Waals surface area (Å²) in [5.41, 5.74) is 7.46. The zero-order valence-electron chi connectivity index (χ0n) is 15.5. The van der Waals surface area contributed by atoms with E-state index in [0.29, 0.717) is 17.9 Å². The molecule has 0 saturated heterocycles. The van der Waals surface area contributed by atoms with Crippen molar-refractivity contribution in [1.82, 2.24) is 4.98 Å². The van der Waals surface area contributed by atoms with Crippen LogP contribution < -0.4 is 4.90 Å². The summed E-state index contributed by atoms with van der Waals surface area (Å²) in [6.45, 7) is 0. The Morgan fingerprint density at radius 1 is 0.857 bits per heavy atom. The highest BCUT2D eigenvalue weighted by Crippen LogP contribution is 2.64. The molecule has 0 N–H and O–H groups in total. The molecule has 28 heavy (non-hydrogen) atoms. The third-order valence-electron chi connectivity index (χ3n) is 6.97. The monoisotopic (exact) mass is 364 g/mol. The van der Waals surface area contributed by atoms with E-state index >= 15 is 0 Å². The zero-order valence-corrected chi connectivity index (χ0v) is 15.5. The van der Waals surface area contributed by atoms with Crippen molar-refractivity contribution in [3.05, 3.63) is 78.2 Å². The average Bonchev–Trinajstić information content (AvgIpc) is 3.39. The fourth-order valence-corrected chi connectivity index (χ4v) is 5.98. The predicted molar refractivity (Wildman–Crippen MR) is 111 cm³/mol. The van der Waals surface area contributed by atoms with E-state index in [2.05, 4.69) is 64.5 Å². The Balaban J connectivity index is 1.56. The third kappa shape index (κ3) is 1.73. The molecule has 4 heterocycles. The van der Waals surface area contributed by atoms with Crippen molar-refractivity contribution < 1.29 is 4.42 Å². The minimum absolute atomic E-state index is 0.491. The molecule has 3 aliphatic rings. The minimum Gasteiger partial charge on any atom is -0.458 e. The maximum absolute atomic E-state index is 6.44. The molecule has 3 unspecified atom stereocenters. The summed E-state index contributed by atoms with van der Waals surface area (Å²) in [5, 5.41) is 1.24. The fourth-order valence-electron chi connectivity index (χ4n) is 5.98. The van der Waals surface area contributed by atoms with Gasteiger partial charge in [0.2, 0.25) is 0 Å². The lowest BCUT2D eigenvalue weighted by Crippen LogP contribution is -2.33. The number of fused-ring (bicyclic) bond motifs is 8. The topological polar surface area (TPSA) is 29.3 Å². The largest absolute Gasteiger partial charge is 0.458 e. The molecular weight excluding hydrogens is 344 g/mol. The molecule has 4 aromatic rings. The van der Waals surface area contributed by atoms with Crippen LogP contribution >= 0.6 is 0 Å². The lowest BCUT2D eigenvalue weighted by molar-refractivity contribution is 0.339. The summed E-state index contributed by atoms with van der Waals surface area (Å²) in [5.74, 6) is 2.28. The second-order valence-corrected chi connectivity index (χ2v) is 8.27. The number of rotatable bonds is 1. The Labute approximate surface area is 163 Å². The van der Waals surface area contributed by atoms with Crippen LogP contribution in [0.4, 0.5) is 11.4 Å². The van der Waals surface area contributed by atoms with Gasteiger partial charge in [0.15, 0.2) is 0 Å². The molecular formula is C25H20N2O. The molecule has 0 radical (unpaired) electrons. The van der Waals surface area contributed by atoms with Gasteiger partial charge >= 0.3 is 0 Å². The molecule has 2 aliphatic heterocycles. The van der Waals surface area contributed by atoms with Crippen LogP contribution in [0, 0.1) is 0 Å². The first kappa shape index (κ1) is 14.9. The molecule has 3 atom stereocenters. The van der Waals surface area contributed by atoms with Crippen LogP contribution in [0.5, 0.6) is 0 Å². The average molecular weight is 364 g/mol. The zero-order chi connectivity index (χ0) is 18.2. The molecule has 0 bridgehead atoms. The van der Waals surface area contributed by atoms with E-state index in [9.17, 15) is 0 Å². The van der Waals surface area contributed by atoms with Crippen LogP contribution in [0.1, 0.15) is 42.4 Å². The van der Waals surface area contributed by atoms with Crippen molar-refractivity contribution in [2.75, 3.05) is 4.90 Å². The number of pyridine rings is 1. The van der Waals surface area contributed by atoms with Gasteiger partial charge in [-0.3, -0.25) is 4.98 Å². The summed E-state index contributed by atoms with van der Waals surface area (Å²) >= 11 is 0. The Kier molecular flexibility index (Phi) is 2.80. The van der Waals surface area contributed by atoms with Gasteiger partial charge in [0.05, 0.1) is 23.1 Å². The van der Waals surface area contributed by atoms with Crippen molar-refractivity contribution in [2.45, 2.75) is 37.1 Å².